The zero-order valence-electron chi connectivity index (χ0n) is 26.2. The van der Waals surface area contributed by atoms with Crippen molar-refractivity contribution in [1.29, 1.82) is 0 Å². The molecule has 14 nitrogen and oxygen atoms in total. The van der Waals surface area contributed by atoms with Gasteiger partial charge in [-0.1, -0.05) is 48.3 Å². The smallest absolute Gasteiger partial charge is 0.408 e. The Hall–Kier alpha value is -4.75. The van der Waals surface area contributed by atoms with Crippen molar-refractivity contribution >= 4 is 30.1 Å². The highest BCUT2D eigenvalue weighted by atomic mass is 16.6. The lowest BCUT2D eigenvalue weighted by atomic mass is 10.0. The maximum atomic E-state index is 14.1. The first-order chi connectivity index (χ1) is 22.8. The van der Waals surface area contributed by atoms with E-state index in [0.717, 1.165) is 50.6 Å². The number of benzene rings is 1. The van der Waals surface area contributed by atoms with E-state index in [9.17, 15) is 24.3 Å². The molecule has 2 saturated carbocycles. The highest BCUT2D eigenvalue weighted by Crippen LogP contribution is 2.45. The van der Waals surface area contributed by atoms with Crippen LogP contribution in [0.25, 0.3) is 5.69 Å². The fourth-order valence-corrected chi connectivity index (χ4v) is 6.78. The summed E-state index contributed by atoms with van der Waals surface area (Å²) >= 11 is 0. The molecule has 0 spiro atoms. The molecule has 47 heavy (non-hydrogen) atoms. The summed E-state index contributed by atoms with van der Waals surface area (Å²) in [5.74, 6) is -2.46. The van der Waals surface area contributed by atoms with Crippen LogP contribution in [0.4, 0.5) is 4.79 Å². The second-order valence-corrected chi connectivity index (χ2v) is 12.8. The molecule has 3 fully saturated rings. The summed E-state index contributed by atoms with van der Waals surface area (Å²) in [5.41, 5.74) is 0.0187. The van der Waals surface area contributed by atoms with Crippen molar-refractivity contribution in [3.05, 3.63) is 54.6 Å². The molecule has 3 N–H and O–H groups in total. The minimum atomic E-state index is -1.42. The SMILES string of the molecule is O=C(N[C@H]1CCCCC/C=C\[C@@H]2C[C@]2(C(=O)O)NC(=O)[C@@H]2C[C@@H](O/N=C/c3ccccc3-n3cncn3)CN2C1=O)OC1CCCC1. The number of alkyl carbamates (subject to hydrolysis) is 1. The van der Waals surface area contributed by atoms with Crippen molar-refractivity contribution in [2.75, 3.05) is 6.54 Å². The number of hydrogen-bond acceptors (Lipinski definition) is 9. The average molecular weight is 648 g/mol. The molecular weight excluding hydrogens is 606 g/mol. The maximum absolute atomic E-state index is 14.1. The van der Waals surface area contributed by atoms with Gasteiger partial charge < -0.3 is 30.2 Å². The Balaban J connectivity index is 1.22. The minimum absolute atomic E-state index is 0.0260. The molecule has 4 aliphatic rings. The van der Waals surface area contributed by atoms with Gasteiger partial charge in [0.05, 0.1) is 18.4 Å². The van der Waals surface area contributed by atoms with E-state index >= 15 is 0 Å². The maximum Gasteiger partial charge on any atom is 0.408 e. The van der Waals surface area contributed by atoms with Crippen LogP contribution >= 0.6 is 0 Å². The zero-order chi connectivity index (χ0) is 32.8. The third-order valence-corrected chi connectivity index (χ3v) is 9.49. The number of fused-ring (bicyclic) bond motifs is 2. The van der Waals surface area contributed by atoms with Crippen LogP contribution in [0.3, 0.4) is 0 Å². The lowest BCUT2D eigenvalue weighted by molar-refractivity contribution is -0.145. The van der Waals surface area contributed by atoms with E-state index in [-0.39, 0.29) is 31.4 Å². The van der Waals surface area contributed by atoms with Crippen molar-refractivity contribution < 1.29 is 33.9 Å². The third-order valence-electron chi connectivity index (χ3n) is 9.49. The normalized spacial score (nSPS) is 29.2. The Kier molecular flexibility index (Phi) is 9.83. The number of aliphatic carboxylic acids is 1. The average Bonchev–Trinajstić information content (AvgIpc) is 3.55. The molecule has 0 bridgehead atoms. The summed E-state index contributed by atoms with van der Waals surface area (Å²) in [7, 11) is 0. The van der Waals surface area contributed by atoms with E-state index in [1.54, 1.807) is 11.0 Å². The second kappa shape index (κ2) is 14.3. The molecule has 1 aromatic heterocycles. The van der Waals surface area contributed by atoms with E-state index < -0.39 is 47.6 Å². The Bertz CT molecular complexity index is 1510. The first kappa shape index (κ1) is 32.2. The number of nitrogens with one attached hydrogen (secondary N) is 2. The predicted molar refractivity (Wildman–Crippen MR) is 168 cm³/mol. The molecule has 6 rings (SSSR count). The number of allylic oxidation sites excluding steroid dienone is 1. The van der Waals surface area contributed by atoms with Gasteiger partial charge in [0, 0.05) is 17.9 Å². The van der Waals surface area contributed by atoms with Gasteiger partial charge in [-0.2, -0.15) is 5.10 Å². The van der Waals surface area contributed by atoms with Crippen molar-refractivity contribution in [1.82, 2.24) is 30.3 Å². The molecule has 1 aromatic carbocycles. The van der Waals surface area contributed by atoms with E-state index in [0.29, 0.717) is 18.4 Å². The van der Waals surface area contributed by atoms with Crippen LogP contribution in [-0.4, -0.2) is 91.2 Å². The summed E-state index contributed by atoms with van der Waals surface area (Å²) in [4.78, 5) is 64.4. The molecule has 2 aliphatic heterocycles. The first-order valence-electron chi connectivity index (χ1n) is 16.5. The second-order valence-electron chi connectivity index (χ2n) is 12.8. The Labute approximate surface area is 272 Å². The summed E-state index contributed by atoms with van der Waals surface area (Å²) in [6.45, 7) is 0.0260. The van der Waals surface area contributed by atoms with Gasteiger partial charge in [0.25, 0.3) is 0 Å². The Morgan fingerprint density at radius 1 is 1.09 bits per heavy atom. The fraction of sp³-hybridized carbons (Fsp3) is 0.545. The van der Waals surface area contributed by atoms with Gasteiger partial charge in [0.2, 0.25) is 11.8 Å². The number of ether oxygens (including phenoxy) is 1. The molecule has 0 radical (unpaired) electrons. The van der Waals surface area contributed by atoms with E-state index in [1.165, 1.54) is 17.4 Å². The van der Waals surface area contributed by atoms with Gasteiger partial charge in [-0.3, -0.25) is 9.59 Å². The molecule has 3 heterocycles. The molecule has 250 valence electrons. The number of aromatic nitrogens is 3. The molecular formula is C33H41N7O7. The summed E-state index contributed by atoms with van der Waals surface area (Å²) in [6, 6.07) is 5.47. The third kappa shape index (κ3) is 7.47. The number of oxime groups is 1. The number of para-hydroxylation sites is 1. The largest absolute Gasteiger partial charge is 0.479 e. The van der Waals surface area contributed by atoms with Crippen molar-refractivity contribution in [2.24, 2.45) is 11.1 Å². The fourth-order valence-electron chi connectivity index (χ4n) is 6.78. The van der Waals surface area contributed by atoms with Crippen LogP contribution in [0.5, 0.6) is 0 Å². The van der Waals surface area contributed by atoms with Gasteiger partial charge in [0.1, 0.15) is 42.5 Å². The number of amides is 3. The van der Waals surface area contributed by atoms with Crippen LogP contribution < -0.4 is 10.6 Å². The van der Waals surface area contributed by atoms with E-state index in [2.05, 4.69) is 25.9 Å². The van der Waals surface area contributed by atoms with Gasteiger partial charge in [0.15, 0.2) is 0 Å². The topological polar surface area (TPSA) is 177 Å². The lowest BCUT2D eigenvalue weighted by Crippen LogP contribution is -2.56. The molecule has 3 amide bonds. The van der Waals surface area contributed by atoms with Crippen molar-refractivity contribution in [2.45, 2.75) is 100 Å². The Morgan fingerprint density at radius 2 is 1.89 bits per heavy atom. The number of rotatable bonds is 7. The number of carboxylic acids is 1. The summed E-state index contributed by atoms with van der Waals surface area (Å²) in [5, 5.41) is 24.0. The van der Waals surface area contributed by atoms with Gasteiger partial charge in [-0.25, -0.2) is 19.3 Å². The summed E-state index contributed by atoms with van der Waals surface area (Å²) < 4.78 is 7.20. The summed E-state index contributed by atoms with van der Waals surface area (Å²) in [6.07, 6.45) is 14.3. The number of hydrogen-bond donors (Lipinski definition) is 3. The van der Waals surface area contributed by atoms with Gasteiger partial charge in [-0.15, -0.1) is 0 Å². The molecule has 0 unspecified atom stereocenters. The van der Waals surface area contributed by atoms with E-state index in [4.69, 9.17) is 9.57 Å². The highest BCUT2D eigenvalue weighted by Gasteiger charge is 2.61. The quantitative estimate of drug-likeness (QED) is 0.231. The van der Waals surface area contributed by atoms with Gasteiger partial charge >= 0.3 is 12.1 Å². The number of nitrogens with zero attached hydrogens (tertiary/aromatic N) is 5. The first-order valence-corrected chi connectivity index (χ1v) is 16.5. The van der Waals surface area contributed by atoms with Crippen LogP contribution in [0, 0.1) is 5.92 Å². The predicted octanol–water partition coefficient (Wildman–Crippen LogP) is 3.10. The van der Waals surface area contributed by atoms with E-state index in [1.807, 2.05) is 36.4 Å². The van der Waals surface area contributed by atoms with Gasteiger partial charge in [-0.05, 0) is 57.4 Å². The molecule has 2 aliphatic carbocycles. The molecule has 14 heteroatoms. The van der Waals surface area contributed by atoms with Crippen LogP contribution in [0.2, 0.25) is 0 Å². The van der Waals surface area contributed by atoms with Crippen LogP contribution in [0.15, 0.2) is 54.2 Å². The number of carboxylic acid groups (broad SMARTS) is 1. The minimum Gasteiger partial charge on any atom is -0.479 e. The highest BCUT2D eigenvalue weighted by molar-refractivity contribution is 5.96. The zero-order valence-corrected chi connectivity index (χ0v) is 26.2. The van der Waals surface area contributed by atoms with Crippen LogP contribution in [0.1, 0.15) is 76.2 Å². The molecule has 1 saturated heterocycles. The molecule has 2 aromatic rings. The monoisotopic (exact) mass is 647 g/mol. The standard InChI is InChI=1S/C33H41N7O7/c41-29-28-16-25(47-36-18-22-10-6-9-15-27(22)40-21-34-20-35-40)19-39(28)30(42)26(37-32(45)46-24-12-7-8-13-24)14-5-3-1-2-4-11-23-17-33(23,38-29)31(43)44/h4,6,9-11,15,18,20-21,23-26,28H,1-3,5,7-8,12-14,16-17,19H2,(H,37,45)(H,38,41)(H,43,44)/b11-4-,36-18+/t23-,25-,26+,28+,33+/m1/s1. The van der Waals surface area contributed by atoms with Crippen molar-refractivity contribution in [3.63, 3.8) is 0 Å². The number of carbonyl (C=O) groups is 4. The lowest BCUT2D eigenvalue weighted by Gasteiger charge is -2.29. The van der Waals surface area contributed by atoms with Crippen LogP contribution in [-0.2, 0) is 24.0 Å². The number of carbonyl (C=O) groups excluding carboxylic acids is 3. The van der Waals surface area contributed by atoms with Crippen molar-refractivity contribution in [3.8, 4) is 5.69 Å². The molecule has 5 atom stereocenters. The Morgan fingerprint density at radius 3 is 2.68 bits per heavy atom.